The smallest absolute Gasteiger partial charge is 0.165 e. The molecule has 2 unspecified atom stereocenters. The first-order valence-electron chi connectivity index (χ1n) is 11.8. The molecule has 5 nitrogen and oxygen atoms in total. The van der Waals surface area contributed by atoms with Crippen LogP contribution in [-0.2, 0) is 11.8 Å². The van der Waals surface area contributed by atoms with E-state index in [9.17, 15) is 10.2 Å². The summed E-state index contributed by atoms with van der Waals surface area (Å²) in [6.45, 7) is 5.36. The molecule has 1 saturated heterocycles. The predicted molar refractivity (Wildman–Crippen MR) is 111 cm³/mol. The van der Waals surface area contributed by atoms with E-state index in [1.807, 2.05) is 0 Å². The van der Waals surface area contributed by atoms with Gasteiger partial charge in [-0.2, -0.15) is 0 Å². The van der Waals surface area contributed by atoms with Gasteiger partial charge in [-0.15, -0.1) is 0 Å². The Morgan fingerprint density at radius 1 is 1.24 bits per heavy atom. The summed E-state index contributed by atoms with van der Waals surface area (Å²) in [5.74, 6) is 1.72. The topological polar surface area (TPSA) is 65.0 Å². The first-order valence-corrected chi connectivity index (χ1v) is 11.8. The van der Waals surface area contributed by atoms with Crippen LogP contribution in [0.3, 0.4) is 0 Å². The molecule has 5 heteroatoms. The van der Waals surface area contributed by atoms with Crippen molar-refractivity contribution >= 4 is 0 Å². The van der Waals surface area contributed by atoms with Crippen LogP contribution in [0.1, 0.15) is 63.0 Å². The van der Waals surface area contributed by atoms with Crippen LogP contribution in [0.15, 0.2) is 12.1 Å². The summed E-state index contributed by atoms with van der Waals surface area (Å²) in [5.41, 5.74) is 1.26. The monoisotopic (exact) mass is 398 g/mol. The van der Waals surface area contributed by atoms with Gasteiger partial charge in [0.15, 0.2) is 11.5 Å². The van der Waals surface area contributed by atoms with Crippen molar-refractivity contribution in [1.29, 1.82) is 0 Å². The van der Waals surface area contributed by atoms with Gasteiger partial charge in [-0.1, -0.05) is 19.4 Å². The number of nitrogens with one attached hydrogen (secondary N) is 1. The van der Waals surface area contributed by atoms with Crippen LogP contribution in [0.4, 0.5) is 0 Å². The number of rotatable bonds is 6. The summed E-state index contributed by atoms with van der Waals surface area (Å²) < 4.78 is 6.56. The molecule has 2 saturated carbocycles. The number of piperidine rings is 1. The zero-order valence-corrected chi connectivity index (χ0v) is 17.5. The second-order valence-electron chi connectivity index (χ2n) is 10.2. The molecule has 3 fully saturated rings. The molecule has 2 heterocycles. The molecule has 2 aliphatic heterocycles. The van der Waals surface area contributed by atoms with Crippen LogP contribution in [0.2, 0.25) is 0 Å². The minimum absolute atomic E-state index is 0.0916. The van der Waals surface area contributed by atoms with Gasteiger partial charge in [0.2, 0.25) is 0 Å². The van der Waals surface area contributed by atoms with Crippen molar-refractivity contribution < 1.29 is 14.9 Å². The molecule has 3 N–H and O–H groups in total. The van der Waals surface area contributed by atoms with E-state index in [0.29, 0.717) is 5.75 Å². The SMILES string of the molecule is CCCCNC1CC[C@@]2(O)[C@H]3Cc4ccc(O)c5c4[C@@]2(CCN3CC2CC2)C1O5. The molecule has 0 aromatic heterocycles. The predicted octanol–water partition coefficient (Wildman–Crippen LogP) is 2.71. The van der Waals surface area contributed by atoms with Crippen LogP contribution in [0.25, 0.3) is 0 Å². The molecule has 3 aliphatic carbocycles. The van der Waals surface area contributed by atoms with Gasteiger partial charge < -0.3 is 20.3 Å². The number of nitrogens with zero attached hydrogens (tertiary/aromatic N) is 1. The summed E-state index contributed by atoms with van der Waals surface area (Å²) >= 11 is 0. The van der Waals surface area contributed by atoms with E-state index in [1.165, 1.54) is 24.8 Å². The standard InChI is InChI=1S/C24H34N2O3/c1-2-3-11-25-17-8-9-24(28)19-13-16-6-7-18(27)21-20(16)23(24,22(17)29-21)10-12-26(19)14-15-4-5-15/h6-7,15,17,19,22,25,27-28H,2-5,8-14H2,1H3/t17?,19-,22?,23+,24-/m1/s1. The fourth-order valence-electron chi connectivity index (χ4n) is 7.15. The van der Waals surface area contributed by atoms with E-state index in [2.05, 4.69) is 23.2 Å². The van der Waals surface area contributed by atoms with E-state index in [1.54, 1.807) is 6.07 Å². The molecule has 0 amide bonds. The van der Waals surface area contributed by atoms with E-state index in [4.69, 9.17) is 4.74 Å². The maximum atomic E-state index is 12.4. The average molecular weight is 399 g/mol. The van der Waals surface area contributed by atoms with Crippen molar-refractivity contribution in [3.63, 3.8) is 0 Å². The van der Waals surface area contributed by atoms with Gasteiger partial charge in [0.1, 0.15) is 6.10 Å². The van der Waals surface area contributed by atoms with Crippen LogP contribution in [-0.4, -0.2) is 58.5 Å². The maximum absolute atomic E-state index is 12.4. The lowest BCUT2D eigenvalue weighted by Gasteiger charge is -2.64. The highest BCUT2D eigenvalue weighted by Crippen LogP contribution is 2.65. The largest absolute Gasteiger partial charge is 0.504 e. The Morgan fingerprint density at radius 2 is 2.10 bits per heavy atom. The summed E-state index contributed by atoms with van der Waals surface area (Å²) in [5, 5.41) is 26.7. The van der Waals surface area contributed by atoms with Crippen molar-refractivity contribution in [2.24, 2.45) is 5.92 Å². The minimum Gasteiger partial charge on any atom is -0.504 e. The van der Waals surface area contributed by atoms with Gasteiger partial charge in [-0.3, -0.25) is 4.90 Å². The highest BCUT2D eigenvalue weighted by atomic mass is 16.5. The summed E-state index contributed by atoms with van der Waals surface area (Å²) in [6, 6.07) is 4.29. The molecule has 1 spiro atoms. The van der Waals surface area contributed by atoms with Crippen molar-refractivity contribution in [3.8, 4) is 11.5 Å². The van der Waals surface area contributed by atoms with Crippen LogP contribution in [0.5, 0.6) is 11.5 Å². The van der Waals surface area contributed by atoms with Gasteiger partial charge in [0.05, 0.1) is 11.0 Å². The molecule has 1 aromatic rings. The van der Waals surface area contributed by atoms with E-state index in [-0.39, 0.29) is 29.4 Å². The minimum atomic E-state index is -0.764. The molecule has 5 aliphatic rings. The van der Waals surface area contributed by atoms with Crippen molar-refractivity contribution in [3.05, 3.63) is 23.3 Å². The number of phenols is 1. The number of aliphatic hydroxyl groups is 1. The van der Waals surface area contributed by atoms with E-state index >= 15 is 0 Å². The number of aromatic hydroxyl groups is 1. The van der Waals surface area contributed by atoms with Gasteiger partial charge in [-0.05, 0) is 75.6 Å². The second-order valence-corrected chi connectivity index (χ2v) is 10.2. The fourth-order valence-corrected chi connectivity index (χ4v) is 7.15. The number of hydrogen-bond donors (Lipinski definition) is 3. The first kappa shape index (κ1) is 18.5. The molecule has 6 rings (SSSR count). The van der Waals surface area contributed by atoms with Gasteiger partial charge in [0.25, 0.3) is 0 Å². The number of hydrogen-bond acceptors (Lipinski definition) is 5. The Hall–Kier alpha value is -1.30. The highest BCUT2D eigenvalue weighted by molar-refractivity contribution is 5.62. The first-order chi connectivity index (χ1) is 14.1. The average Bonchev–Trinajstić information content (AvgIpc) is 3.45. The molecular weight excluding hydrogens is 364 g/mol. The van der Waals surface area contributed by atoms with Crippen LogP contribution >= 0.6 is 0 Å². The lowest BCUT2D eigenvalue weighted by atomic mass is 9.48. The number of likely N-dealkylation sites (tertiary alicyclic amines) is 1. The molecule has 158 valence electrons. The van der Waals surface area contributed by atoms with Crippen molar-refractivity contribution in [1.82, 2.24) is 10.2 Å². The number of benzene rings is 1. The van der Waals surface area contributed by atoms with Crippen molar-refractivity contribution in [2.75, 3.05) is 19.6 Å². The van der Waals surface area contributed by atoms with Crippen molar-refractivity contribution in [2.45, 2.75) is 87.5 Å². The summed E-state index contributed by atoms with van der Waals surface area (Å²) in [4.78, 5) is 2.60. The molecule has 0 radical (unpaired) electrons. The van der Waals surface area contributed by atoms with Gasteiger partial charge in [-0.25, -0.2) is 0 Å². The van der Waals surface area contributed by atoms with Gasteiger partial charge >= 0.3 is 0 Å². The van der Waals surface area contributed by atoms with E-state index < -0.39 is 5.60 Å². The lowest BCUT2D eigenvalue weighted by molar-refractivity contribution is -0.191. The Balaban J connectivity index is 1.45. The second kappa shape index (κ2) is 6.35. The Bertz CT molecular complexity index is 825. The highest BCUT2D eigenvalue weighted by Gasteiger charge is 2.72. The molecule has 29 heavy (non-hydrogen) atoms. The zero-order valence-electron chi connectivity index (χ0n) is 17.5. The third-order valence-electron chi connectivity index (χ3n) is 8.70. The zero-order chi connectivity index (χ0) is 19.8. The Labute approximate surface area is 173 Å². The maximum Gasteiger partial charge on any atom is 0.165 e. The van der Waals surface area contributed by atoms with E-state index in [0.717, 1.165) is 63.2 Å². The Morgan fingerprint density at radius 3 is 2.90 bits per heavy atom. The quantitative estimate of drug-likeness (QED) is 0.643. The molecule has 2 bridgehead atoms. The normalized spacial score (nSPS) is 39.9. The van der Waals surface area contributed by atoms with Gasteiger partial charge in [0, 0.05) is 24.2 Å². The molecule has 1 aromatic carbocycles. The lowest BCUT2D eigenvalue weighted by Crippen LogP contribution is -2.78. The summed E-state index contributed by atoms with van der Waals surface area (Å²) in [7, 11) is 0. The molecule has 5 atom stereocenters. The fraction of sp³-hybridized carbons (Fsp3) is 0.750. The third kappa shape index (κ3) is 2.38. The molecular formula is C24H34N2O3. The number of phenolic OH excluding ortho intramolecular Hbond substituents is 1. The number of ether oxygens (including phenoxy) is 1. The van der Waals surface area contributed by atoms with Crippen LogP contribution in [0, 0.1) is 5.92 Å². The number of unbranched alkanes of at least 4 members (excludes halogenated alkanes) is 1. The summed E-state index contributed by atoms with van der Waals surface area (Å²) in [6.07, 6.45) is 8.47. The third-order valence-corrected chi connectivity index (χ3v) is 8.70. The van der Waals surface area contributed by atoms with Crippen LogP contribution < -0.4 is 10.1 Å². The Kier molecular flexibility index (Phi) is 4.04.